The molecule has 1 aromatic carbocycles. The topological polar surface area (TPSA) is 64.2 Å². The fourth-order valence-corrected chi connectivity index (χ4v) is 3.46. The Bertz CT molecular complexity index is 826. The van der Waals surface area contributed by atoms with Crippen molar-refractivity contribution in [3.05, 3.63) is 72.1 Å². The summed E-state index contributed by atoms with van der Waals surface area (Å²) in [7, 11) is 1.88. The van der Waals surface area contributed by atoms with E-state index < -0.39 is 0 Å². The van der Waals surface area contributed by atoms with Crippen LogP contribution in [0.4, 0.5) is 0 Å². The molecule has 0 unspecified atom stereocenters. The number of carbonyl (C=O) groups excluding carboxylic acids is 1. The van der Waals surface area contributed by atoms with Crippen molar-refractivity contribution in [3.8, 4) is 0 Å². The number of rotatable bonds is 3. The average Bonchev–Trinajstić information content (AvgIpc) is 3.35. The fourth-order valence-electron chi connectivity index (χ4n) is 3.46. The van der Waals surface area contributed by atoms with Crippen LogP contribution in [0, 0.1) is 0 Å². The number of aryl methyl sites for hydroxylation is 1. The predicted octanol–water partition coefficient (Wildman–Crippen LogP) is 2.43. The zero-order valence-electron chi connectivity index (χ0n) is 13.4. The highest BCUT2D eigenvalue weighted by Gasteiger charge is 2.39. The number of nitrogens with zero attached hydrogens (tertiary/aromatic N) is 4. The van der Waals surface area contributed by atoms with Crippen LogP contribution in [0.3, 0.4) is 0 Å². The molecule has 4 rings (SSSR count). The Hall–Kier alpha value is -2.89. The molecule has 24 heavy (non-hydrogen) atoms. The van der Waals surface area contributed by atoms with Gasteiger partial charge in [-0.3, -0.25) is 4.79 Å². The van der Waals surface area contributed by atoms with Gasteiger partial charge in [0.25, 0.3) is 5.91 Å². The van der Waals surface area contributed by atoms with E-state index in [1.807, 2.05) is 53.0 Å². The van der Waals surface area contributed by atoms with Gasteiger partial charge in [-0.15, -0.1) is 0 Å². The lowest BCUT2D eigenvalue weighted by Gasteiger charge is -2.17. The molecule has 1 fully saturated rings. The normalized spacial score (nSPS) is 20.5. The fraction of sp³-hybridized carbons (Fsp3) is 0.278. The van der Waals surface area contributed by atoms with Crippen LogP contribution in [-0.2, 0) is 7.05 Å². The molecule has 3 heterocycles. The molecule has 1 amide bonds. The van der Waals surface area contributed by atoms with Gasteiger partial charge in [0.2, 0.25) is 6.39 Å². The molecule has 1 saturated heterocycles. The molecule has 122 valence electrons. The molecule has 0 saturated carbocycles. The van der Waals surface area contributed by atoms with Crippen molar-refractivity contribution in [3.63, 3.8) is 0 Å². The van der Waals surface area contributed by atoms with Crippen LogP contribution in [-0.4, -0.2) is 38.6 Å². The van der Waals surface area contributed by atoms with Gasteiger partial charge >= 0.3 is 0 Å². The monoisotopic (exact) mass is 322 g/mol. The molecular formula is C18H18N4O2. The van der Waals surface area contributed by atoms with Gasteiger partial charge in [0, 0.05) is 38.2 Å². The lowest BCUT2D eigenvalue weighted by Crippen LogP contribution is -2.30. The Labute approximate surface area is 139 Å². The van der Waals surface area contributed by atoms with Gasteiger partial charge in [-0.2, -0.15) is 4.98 Å². The highest BCUT2D eigenvalue weighted by molar-refractivity contribution is 5.93. The molecule has 0 aliphatic carbocycles. The second-order valence-corrected chi connectivity index (χ2v) is 6.13. The van der Waals surface area contributed by atoms with Crippen LogP contribution in [0.1, 0.15) is 33.7 Å². The maximum Gasteiger partial charge on any atom is 0.270 e. The Balaban J connectivity index is 1.66. The van der Waals surface area contributed by atoms with Crippen molar-refractivity contribution >= 4 is 5.91 Å². The molecule has 6 heteroatoms. The summed E-state index contributed by atoms with van der Waals surface area (Å²) in [5, 5.41) is 4.02. The highest BCUT2D eigenvalue weighted by atomic mass is 16.5. The number of aromatic nitrogens is 3. The standard InChI is InChI=1S/C18H18N4O2/c1-21-9-5-8-16(21)18(23)22-10-14(13-6-3-2-4-7-13)15(11-22)17-19-12-24-20-17/h2-9,12,14-15H,10-11H2,1H3/t14-,15-/m0/s1. The van der Waals surface area contributed by atoms with Crippen LogP contribution in [0.5, 0.6) is 0 Å². The van der Waals surface area contributed by atoms with Gasteiger partial charge in [0.05, 0.1) is 0 Å². The summed E-state index contributed by atoms with van der Waals surface area (Å²) in [5.41, 5.74) is 1.88. The first-order chi connectivity index (χ1) is 11.7. The summed E-state index contributed by atoms with van der Waals surface area (Å²) in [6, 6.07) is 13.9. The maximum absolute atomic E-state index is 12.9. The van der Waals surface area contributed by atoms with E-state index in [9.17, 15) is 4.79 Å². The van der Waals surface area contributed by atoms with Gasteiger partial charge < -0.3 is 14.0 Å². The summed E-state index contributed by atoms with van der Waals surface area (Å²) in [4.78, 5) is 19.0. The van der Waals surface area contributed by atoms with E-state index in [0.29, 0.717) is 24.6 Å². The largest absolute Gasteiger partial charge is 0.347 e. The first kappa shape index (κ1) is 14.7. The van der Waals surface area contributed by atoms with Gasteiger partial charge in [0.15, 0.2) is 5.82 Å². The van der Waals surface area contributed by atoms with Crippen LogP contribution in [0.25, 0.3) is 0 Å². The lowest BCUT2D eigenvalue weighted by atomic mass is 9.88. The average molecular weight is 322 g/mol. The van der Waals surface area contributed by atoms with Crippen molar-refractivity contribution in [1.82, 2.24) is 19.6 Å². The number of hydrogen-bond donors (Lipinski definition) is 0. The van der Waals surface area contributed by atoms with E-state index in [1.54, 1.807) is 0 Å². The van der Waals surface area contributed by atoms with E-state index in [4.69, 9.17) is 4.52 Å². The van der Waals surface area contributed by atoms with Crippen molar-refractivity contribution in [2.45, 2.75) is 11.8 Å². The highest BCUT2D eigenvalue weighted by Crippen LogP contribution is 2.38. The third-order valence-corrected chi connectivity index (χ3v) is 4.71. The minimum absolute atomic E-state index is 0.0365. The third kappa shape index (κ3) is 2.50. The number of benzene rings is 1. The second kappa shape index (κ2) is 5.96. The van der Waals surface area contributed by atoms with Crippen LogP contribution >= 0.6 is 0 Å². The summed E-state index contributed by atoms with van der Waals surface area (Å²) in [6.45, 7) is 1.23. The van der Waals surface area contributed by atoms with E-state index in [-0.39, 0.29) is 17.7 Å². The van der Waals surface area contributed by atoms with Crippen LogP contribution < -0.4 is 0 Å². The number of carbonyl (C=O) groups is 1. The Morgan fingerprint density at radius 3 is 2.58 bits per heavy atom. The quantitative estimate of drug-likeness (QED) is 0.743. The second-order valence-electron chi connectivity index (χ2n) is 6.13. The van der Waals surface area contributed by atoms with E-state index >= 15 is 0 Å². The van der Waals surface area contributed by atoms with E-state index in [0.717, 1.165) is 0 Å². The van der Waals surface area contributed by atoms with Gasteiger partial charge in [-0.1, -0.05) is 35.5 Å². The summed E-state index contributed by atoms with van der Waals surface area (Å²) in [6.07, 6.45) is 3.23. The molecule has 0 spiro atoms. The summed E-state index contributed by atoms with van der Waals surface area (Å²) < 4.78 is 6.78. The smallest absolute Gasteiger partial charge is 0.270 e. The van der Waals surface area contributed by atoms with Crippen molar-refractivity contribution in [2.75, 3.05) is 13.1 Å². The number of hydrogen-bond acceptors (Lipinski definition) is 4. The molecule has 0 N–H and O–H groups in total. The minimum Gasteiger partial charge on any atom is -0.347 e. The molecule has 1 aliphatic rings. The van der Waals surface area contributed by atoms with Crippen molar-refractivity contribution in [2.24, 2.45) is 7.05 Å². The molecule has 1 aliphatic heterocycles. The first-order valence-corrected chi connectivity index (χ1v) is 7.96. The molecule has 0 radical (unpaired) electrons. The Morgan fingerprint density at radius 2 is 1.92 bits per heavy atom. The van der Waals surface area contributed by atoms with Crippen molar-refractivity contribution < 1.29 is 9.32 Å². The van der Waals surface area contributed by atoms with E-state index in [2.05, 4.69) is 22.3 Å². The summed E-state index contributed by atoms with van der Waals surface area (Å²) >= 11 is 0. The maximum atomic E-state index is 12.9. The van der Waals surface area contributed by atoms with Crippen molar-refractivity contribution in [1.29, 1.82) is 0 Å². The number of likely N-dealkylation sites (tertiary alicyclic amines) is 1. The minimum atomic E-state index is 0.0365. The molecule has 3 aromatic rings. The molecule has 2 atom stereocenters. The predicted molar refractivity (Wildman–Crippen MR) is 87.5 cm³/mol. The van der Waals surface area contributed by atoms with Crippen LogP contribution in [0.15, 0.2) is 59.6 Å². The zero-order valence-corrected chi connectivity index (χ0v) is 13.4. The van der Waals surface area contributed by atoms with Crippen LogP contribution in [0.2, 0.25) is 0 Å². The Morgan fingerprint density at radius 1 is 1.12 bits per heavy atom. The summed E-state index contributed by atoms with van der Waals surface area (Å²) in [5.74, 6) is 0.892. The number of amides is 1. The Kier molecular flexibility index (Phi) is 3.65. The van der Waals surface area contributed by atoms with Gasteiger partial charge in [0.1, 0.15) is 5.69 Å². The third-order valence-electron chi connectivity index (χ3n) is 4.71. The zero-order chi connectivity index (χ0) is 16.5. The van der Waals surface area contributed by atoms with E-state index in [1.165, 1.54) is 12.0 Å². The molecule has 6 nitrogen and oxygen atoms in total. The lowest BCUT2D eigenvalue weighted by molar-refractivity contribution is 0.0779. The van der Waals surface area contributed by atoms with Gasteiger partial charge in [-0.05, 0) is 17.7 Å². The molecule has 2 aromatic heterocycles. The molecule has 0 bridgehead atoms. The SMILES string of the molecule is Cn1cccc1C(=O)N1C[C@H](c2ncon2)[C@H](c2ccccc2)C1. The first-order valence-electron chi connectivity index (χ1n) is 7.96. The van der Waals surface area contributed by atoms with Gasteiger partial charge in [-0.25, -0.2) is 0 Å². The molecular weight excluding hydrogens is 304 g/mol.